The molecule has 100 valence electrons. The van der Waals surface area contributed by atoms with Crippen LogP contribution in [0.15, 0.2) is 29.3 Å². The Labute approximate surface area is 126 Å². The average Bonchev–Trinajstić information content (AvgIpc) is 3.10. The Balaban J connectivity index is 1.83. The summed E-state index contributed by atoms with van der Waals surface area (Å²) in [4.78, 5) is 18.6. The summed E-state index contributed by atoms with van der Waals surface area (Å²) >= 11 is 2.27. The quantitative estimate of drug-likeness (QED) is 0.751. The van der Waals surface area contributed by atoms with Gasteiger partial charge in [0, 0.05) is 22.2 Å². The number of nitrogens with zero attached hydrogens (tertiary/aromatic N) is 2. The monoisotopic (exact) mass is 370 g/mol. The summed E-state index contributed by atoms with van der Waals surface area (Å²) in [6.45, 7) is 1.70. The second kappa shape index (κ2) is 5.48. The van der Waals surface area contributed by atoms with Gasteiger partial charge in [-0.05, 0) is 41.5 Å². The predicted octanol–water partition coefficient (Wildman–Crippen LogP) is 2.38. The van der Waals surface area contributed by atoms with Crippen LogP contribution in [0, 0.1) is 3.57 Å². The standard InChI is InChI=1S/C14H15IN2O2/c15-11-6-2-1-5-10(11)13-12(16-9-19-13)14(18)17-7-3-4-8-17/h1-2,5-6,9,12-13H,3-4,7-8H2. The maximum Gasteiger partial charge on any atom is 0.251 e. The molecule has 1 saturated heterocycles. The van der Waals surface area contributed by atoms with Gasteiger partial charge in [-0.15, -0.1) is 0 Å². The minimum atomic E-state index is -0.422. The summed E-state index contributed by atoms with van der Waals surface area (Å²) in [5.74, 6) is 0.0934. The van der Waals surface area contributed by atoms with E-state index < -0.39 is 6.04 Å². The Morgan fingerprint density at radius 1 is 1.32 bits per heavy atom. The van der Waals surface area contributed by atoms with Crippen molar-refractivity contribution in [3.05, 3.63) is 33.4 Å². The summed E-state index contributed by atoms with van der Waals surface area (Å²) in [6, 6.07) is 7.56. The van der Waals surface area contributed by atoms with Crippen molar-refractivity contribution in [2.45, 2.75) is 25.0 Å². The van der Waals surface area contributed by atoms with Crippen molar-refractivity contribution >= 4 is 34.9 Å². The Hall–Kier alpha value is -1.11. The van der Waals surface area contributed by atoms with Crippen LogP contribution in [0.3, 0.4) is 0 Å². The summed E-state index contributed by atoms with van der Waals surface area (Å²) in [7, 11) is 0. The van der Waals surface area contributed by atoms with Crippen molar-refractivity contribution in [1.82, 2.24) is 4.90 Å². The lowest BCUT2D eigenvalue weighted by atomic mass is 10.0. The van der Waals surface area contributed by atoms with Gasteiger partial charge in [0.25, 0.3) is 5.91 Å². The second-order valence-corrected chi connectivity index (χ2v) is 5.97. The van der Waals surface area contributed by atoms with Crippen LogP contribution in [-0.4, -0.2) is 36.3 Å². The lowest BCUT2D eigenvalue weighted by Crippen LogP contribution is -2.38. The van der Waals surface area contributed by atoms with E-state index in [0.717, 1.165) is 35.1 Å². The first-order valence-corrected chi connectivity index (χ1v) is 7.55. The van der Waals surface area contributed by atoms with Gasteiger partial charge in [0.1, 0.15) is 0 Å². The molecule has 2 heterocycles. The Bertz CT molecular complexity index is 512. The predicted molar refractivity (Wildman–Crippen MR) is 81.1 cm³/mol. The summed E-state index contributed by atoms with van der Waals surface area (Å²) in [6.07, 6.45) is 3.33. The van der Waals surface area contributed by atoms with E-state index in [9.17, 15) is 4.79 Å². The Morgan fingerprint density at radius 3 is 2.79 bits per heavy atom. The molecule has 0 aromatic heterocycles. The number of carbonyl (C=O) groups is 1. The molecule has 4 nitrogen and oxygen atoms in total. The van der Waals surface area contributed by atoms with Crippen LogP contribution < -0.4 is 0 Å². The van der Waals surface area contributed by atoms with Crippen LogP contribution in [-0.2, 0) is 9.53 Å². The number of benzene rings is 1. The normalized spacial score (nSPS) is 25.6. The van der Waals surface area contributed by atoms with E-state index >= 15 is 0 Å². The van der Waals surface area contributed by atoms with Crippen molar-refractivity contribution in [1.29, 1.82) is 0 Å². The van der Waals surface area contributed by atoms with Crippen molar-refractivity contribution in [3.8, 4) is 0 Å². The van der Waals surface area contributed by atoms with Crippen molar-refractivity contribution < 1.29 is 9.53 Å². The van der Waals surface area contributed by atoms with Crippen molar-refractivity contribution in [2.24, 2.45) is 4.99 Å². The van der Waals surface area contributed by atoms with Crippen LogP contribution in [0.2, 0.25) is 0 Å². The fraction of sp³-hybridized carbons (Fsp3) is 0.429. The Kier molecular flexibility index (Phi) is 3.72. The third kappa shape index (κ3) is 2.48. The first-order valence-electron chi connectivity index (χ1n) is 6.48. The number of amides is 1. The maximum absolute atomic E-state index is 12.5. The van der Waals surface area contributed by atoms with Crippen molar-refractivity contribution in [2.75, 3.05) is 13.1 Å². The minimum absolute atomic E-state index is 0.0934. The molecule has 0 N–H and O–H groups in total. The molecule has 3 rings (SSSR count). The third-order valence-electron chi connectivity index (χ3n) is 3.60. The first-order chi connectivity index (χ1) is 9.27. The number of halogens is 1. The molecule has 2 aliphatic heterocycles. The van der Waals surface area contributed by atoms with E-state index in [1.165, 1.54) is 6.40 Å². The van der Waals surface area contributed by atoms with E-state index in [4.69, 9.17) is 4.74 Å². The highest BCUT2D eigenvalue weighted by atomic mass is 127. The molecule has 0 bridgehead atoms. The van der Waals surface area contributed by atoms with E-state index in [1.54, 1.807) is 0 Å². The maximum atomic E-state index is 12.5. The van der Waals surface area contributed by atoms with Gasteiger partial charge >= 0.3 is 0 Å². The fourth-order valence-electron chi connectivity index (χ4n) is 2.59. The van der Waals surface area contributed by atoms with E-state index in [0.29, 0.717) is 0 Å². The zero-order chi connectivity index (χ0) is 13.2. The molecule has 1 aromatic rings. The summed E-state index contributed by atoms with van der Waals surface area (Å²) < 4.78 is 6.68. The number of ether oxygens (including phenoxy) is 1. The van der Waals surface area contributed by atoms with Crippen LogP contribution in [0.5, 0.6) is 0 Å². The molecule has 0 spiro atoms. The van der Waals surface area contributed by atoms with Crippen LogP contribution >= 0.6 is 22.6 Å². The fourth-order valence-corrected chi connectivity index (χ4v) is 3.28. The lowest BCUT2D eigenvalue weighted by molar-refractivity contribution is -0.133. The minimum Gasteiger partial charge on any atom is -0.473 e. The molecule has 2 atom stereocenters. The molecule has 2 aliphatic rings. The highest BCUT2D eigenvalue weighted by molar-refractivity contribution is 14.1. The molecule has 1 fully saturated rings. The van der Waals surface area contributed by atoms with Gasteiger partial charge in [-0.3, -0.25) is 4.79 Å². The number of aliphatic imine (C=N–C) groups is 1. The number of hydrogen-bond acceptors (Lipinski definition) is 3. The summed E-state index contributed by atoms with van der Waals surface area (Å²) in [5.41, 5.74) is 1.04. The number of hydrogen-bond donors (Lipinski definition) is 0. The smallest absolute Gasteiger partial charge is 0.251 e. The molecule has 19 heavy (non-hydrogen) atoms. The first kappa shape index (κ1) is 12.9. The molecule has 0 aliphatic carbocycles. The summed E-state index contributed by atoms with van der Waals surface area (Å²) in [5, 5.41) is 0. The van der Waals surface area contributed by atoms with Crippen molar-refractivity contribution in [3.63, 3.8) is 0 Å². The van der Waals surface area contributed by atoms with Gasteiger partial charge < -0.3 is 9.64 Å². The number of carbonyl (C=O) groups excluding carboxylic acids is 1. The van der Waals surface area contributed by atoms with Gasteiger partial charge in [0.05, 0.1) is 0 Å². The zero-order valence-corrected chi connectivity index (χ0v) is 12.6. The molecule has 5 heteroatoms. The zero-order valence-electron chi connectivity index (χ0n) is 10.5. The topological polar surface area (TPSA) is 41.9 Å². The lowest BCUT2D eigenvalue weighted by Gasteiger charge is -2.23. The highest BCUT2D eigenvalue weighted by Gasteiger charge is 2.38. The van der Waals surface area contributed by atoms with Gasteiger partial charge in [-0.25, -0.2) is 4.99 Å². The third-order valence-corrected chi connectivity index (χ3v) is 4.58. The number of rotatable bonds is 2. The van der Waals surface area contributed by atoms with Gasteiger partial charge in [-0.2, -0.15) is 0 Å². The molecule has 1 aromatic carbocycles. The van der Waals surface area contributed by atoms with E-state index in [2.05, 4.69) is 27.6 Å². The molecule has 1 amide bonds. The highest BCUT2D eigenvalue weighted by Crippen LogP contribution is 2.31. The van der Waals surface area contributed by atoms with Crippen LogP contribution in [0.1, 0.15) is 24.5 Å². The molecular weight excluding hydrogens is 355 g/mol. The average molecular weight is 370 g/mol. The van der Waals surface area contributed by atoms with E-state index in [1.807, 2.05) is 29.2 Å². The van der Waals surface area contributed by atoms with Gasteiger partial charge in [0.15, 0.2) is 18.5 Å². The van der Waals surface area contributed by atoms with E-state index in [-0.39, 0.29) is 12.0 Å². The van der Waals surface area contributed by atoms with Crippen LogP contribution in [0.4, 0.5) is 0 Å². The molecular formula is C14H15IN2O2. The molecule has 0 saturated carbocycles. The number of likely N-dealkylation sites (tertiary alicyclic amines) is 1. The van der Waals surface area contributed by atoms with Gasteiger partial charge in [0.2, 0.25) is 0 Å². The van der Waals surface area contributed by atoms with Crippen LogP contribution in [0.25, 0.3) is 0 Å². The Morgan fingerprint density at radius 2 is 2.05 bits per heavy atom. The molecule has 0 radical (unpaired) electrons. The molecule has 2 unspecified atom stereocenters. The second-order valence-electron chi connectivity index (χ2n) is 4.81. The SMILES string of the molecule is O=C(C1N=COC1c1ccccc1I)N1CCCC1. The van der Waals surface area contributed by atoms with Gasteiger partial charge in [-0.1, -0.05) is 18.2 Å². The largest absolute Gasteiger partial charge is 0.473 e.